The molecule has 0 fully saturated rings. The molecule has 0 spiro atoms. The molecule has 0 unspecified atom stereocenters. The van der Waals surface area contributed by atoms with Gasteiger partial charge in [-0.3, -0.25) is 0 Å². The fourth-order valence-electron chi connectivity index (χ4n) is 3.21. The van der Waals surface area contributed by atoms with Gasteiger partial charge in [-0.15, -0.1) is 0 Å². The first-order chi connectivity index (χ1) is 13.7. The summed E-state index contributed by atoms with van der Waals surface area (Å²) in [5, 5.41) is 7.99. The Balaban J connectivity index is 1.41. The Hall–Kier alpha value is -3.54. The number of aryl methyl sites for hydroxylation is 1. The predicted octanol–water partition coefficient (Wildman–Crippen LogP) is 4.67. The van der Waals surface area contributed by atoms with Crippen molar-refractivity contribution in [2.24, 2.45) is 0 Å². The van der Waals surface area contributed by atoms with Gasteiger partial charge in [0.2, 0.25) is 0 Å². The van der Waals surface area contributed by atoms with Gasteiger partial charge in [-0.25, -0.2) is 9.97 Å². The molecular weight excluding hydrogens is 350 g/mol. The smallest absolute Gasteiger partial charge is 0.136 e. The van der Waals surface area contributed by atoms with Crippen LogP contribution in [-0.4, -0.2) is 28.6 Å². The van der Waals surface area contributed by atoms with Gasteiger partial charge in [0.05, 0.1) is 7.11 Å². The SMILES string of the molecule is COc1ccc(Nc2cc(NCCc3c[nH]c4ccccc34)nc(C)n2)cc1. The third-order valence-corrected chi connectivity index (χ3v) is 4.58. The van der Waals surface area contributed by atoms with E-state index in [0.29, 0.717) is 5.82 Å². The van der Waals surface area contributed by atoms with Crippen molar-refractivity contribution in [2.75, 3.05) is 24.3 Å². The topological polar surface area (TPSA) is 74.9 Å². The molecule has 2 aromatic heterocycles. The molecule has 142 valence electrons. The van der Waals surface area contributed by atoms with E-state index < -0.39 is 0 Å². The van der Waals surface area contributed by atoms with Crippen LogP contribution in [0, 0.1) is 6.92 Å². The molecule has 0 bridgehead atoms. The number of hydrogen-bond donors (Lipinski definition) is 3. The number of nitrogens with zero attached hydrogens (tertiary/aromatic N) is 2. The molecule has 3 N–H and O–H groups in total. The van der Waals surface area contributed by atoms with Crippen LogP contribution in [0.1, 0.15) is 11.4 Å². The van der Waals surface area contributed by atoms with E-state index in [2.05, 4.69) is 50.0 Å². The van der Waals surface area contributed by atoms with E-state index in [1.165, 1.54) is 16.5 Å². The van der Waals surface area contributed by atoms with E-state index in [0.717, 1.165) is 36.0 Å². The van der Waals surface area contributed by atoms with Crippen LogP contribution in [0.4, 0.5) is 17.3 Å². The first-order valence-corrected chi connectivity index (χ1v) is 9.27. The largest absolute Gasteiger partial charge is 0.497 e. The van der Waals surface area contributed by atoms with E-state index in [1.807, 2.05) is 43.3 Å². The van der Waals surface area contributed by atoms with Gasteiger partial charge >= 0.3 is 0 Å². The molecule has 0 saturated heterocycles. The summed E-state index contributed by atoms with van der Waals surface area (Å²) in [5.41, 5.74) is 3.41. The predicted molar refractivity (Wildman–Crippen MR) is 114 cm³/mol. The number of hydrogen-bond acceptors (Lipinski definition) is 5. The molecule has 0 atom stereocenters. The van der Waals surface area contributed by atoms with Crippen molar-refractivity contribution in [1.82, 2.24) is 15.0 Å². The molecule has 0 saturated carbocycles. The lowest BCUT2D eigenvalue weighted by Crippen LogP contribution is -2.08. The number of methoxy groups -OCH3 is 1. The number of ether oxygens (including phenoxy) is 1. The van der Waals surface area contributed by atoms with E-state index in [4.69, 9.17) is 4.74 Å². The Bertz CT molecular complexity index is 1070. The Kier molecular flexibility index (Phi) is 5.10. The number of benzene rings is 2. The minimum Gasteiger partial charge on any atom is -0.497 e. The Morgan fingerprint density at radius 3 is 2.61 bits per heavy atom. The second-order valence-corrected chi connectivity index (χ2v) is 6.58. The first-order valence-electron chi connectivity index (χ1n) is 9.27. The van der Waals surface area contributed by atoms with Gasteiger partial charge in [0.1, 0.15) is 23.2 Å². The summed E-state index contributed by atoms with van der Waals surface area (Å²) in [6.07, 6.45) is 2.99. The summed E-state index contributed by atoms with van der Waals surface area (Å²) in [5.74, 6) is 3.10. The molecule has 6 heteroatoms. The molecule has 0 aliphatic rings. The number of fused-ring (bicyclic) bond motifs is 1. The summed E-state index contributed by atoms with van der Waals surface area (Å²) < 4.78 is 5.19. The molecule has 0 amide bonds. The van der Waals surface area contributed by atoms with Gasteiger partial charge in [-0.1, -0.05) is 18.2 Å². The number of rotatable bonds is 7. The van der Waals surface area contributed by atoms with Crippen LogP contribution in [0.25, 0.3) is 10.9 Å². The zero-order chi connectivity index (χ0) is 19.3. The monoisotopic (exact) mass is 373 g/mol. The first kappa shape index (κ1) is 17.9. The Labute approximate surface area is 164 Å². The maximum Gasteiger partial charge on any atom is 0.136 e. The zero-order valence-corrected chi connectivity index (χ0v) is 16.0. The molecule has 0 aliphatic carbocycles. The minimum absolute atomic E-state index is 0.716. The summed E-state index contributed by atoms with van der Waals surface area (Å²) in [6, 6.07) is 18.0. The maximum absolute atomic E-state index is 5.19. The molecule has 0 aliphatic heterocycles. The van der Waals surface area contributed by atoms with Gasteiger partial charge in [-0.05, 0) is 49.2 Å². The van der Waals surface area contributed by atoms with Gasteiger partial charge in [0, 0.05) is 35.4 Å². The summed E-state index contributed by atoms with van der Waals surface area (Å²) in [4.78, 5) is 12.3. The quantitative estimate of drug-likeness (QED) is 0.439. The van der Waals surface area contributed by atoms with Crippen LogP contribution in [0.3, 0.4) is 0 Å². The van der Waals surface area contributed by atoms with Crippen molar-refractivity contribution in [3.63, 3.8) is 0 Å². The van der Waals surface area contributed by atoms with Crippen LogP contribution in [0.5, 0.6) is 5.75 Å². The van der Waals surface area contributed by atoms with Crippen LogP contribution in [0.2, 0.25) is 0 Å². The highest BCUT2D eigenvalue weighted by molar-refractivity contribution is 5.83. The summed E-state index contributed by atoms with van der Waals surface area (Å²) in [6.45, 7) is 2.68. The molecular formula is C22H23N5O. The van der Waals surface area contributed by atoms with E-state index in [-0.39, 0.29) is 0 Å². The van der Waals surface area contributed by atoms with Gasteiger partial charge in [0.15, 0.2) is 0 Å². The number of aromatic nitrogens is 3. The Morgan fingerprint density at radius 2 is 1.79 bits per heavy atom. The van der Waals surface area contributed by atoms with E-state index in [1.54, 1.807) is 7.11 Å². The fourth-order valence-corrected chi connectivity index (χ4v) is 3.21. The van der Waals surface area contributed by atoms with Crippen molar-refractivity contribution >= 4 is 28.2 Å². The van der Waals surface area contributed by atoms with Crippen LogP contribution < -0.4 is 15.4 Å². The average Bonchev–Trinajstić information content (AvgIpc) is 3.11. The average molecular weight is 373 g/mol. The van der Waals surface area contributed by atoms with Crippen molar-refractivity contribution < 1.29 is 4.74 Å². The molecule has 6 nitrogen and oxygen atoms in total. The Morgan fingerprint density at radius 1 is 1.00 bits per heavy atom. The molecule has 28 heavy (non-hydrogen) atoms. The van der Waals surface area contributed by atoms with Gasteiger partial charge in [-0.2, -0.15) is 0 Å². The van der Waals surface area contributed by atoms with Crippen molar-refractivity contribution in [3.05, 3.63) is 72.2 Å². The summed E-state index contributed by atoms with van der Waals surface area (Å²) >= 11 is 0. The molecule has 2 heterocycles. The number of anilines is 3. The van der Waals surface area contributed by atoms with Crippen molar-refractivity contribution in [1.29, 1.82) is 0 Å². The number of para-hydroxylation sites is 1. The zero-order valence-electron chi connectivity index (χ0n) is 16.0. The lowest BCUT2D eigenvalue weighted by Gasteiger charge is -2.10. The van der Waals surface area contributed by atoms with E-state index >= 15 is 0 Å². The highest BCUT2D eigenvalue weighted by atomic mass is 16.5. The van der Waals surface area contributed by atoms with Crippen LogP contribution in [-0.2, 0) is 6.42 Å². The van der Waals surface area contributed by atoms with Gasteiger partial charge < -0.3 is 20.4 Å². The molecule has 0 radical (unpaired) electrons. The van der Waals surface area contributed by atoms with Crippen LogP contribution in [0.15, 0.2) is 60.8 Å². The lowest BCUT2D eigenvalue weighted by atomic mass is 10.1. The molecule has 4 rings (SSSR count). The van der Waals surface area contributed by atoms with Gasteiger partial charge in [0.25, 0.3) is 0 Å². The summed E-state index contributed by atoms with van der Waals surface area (Å²) in [7, 11) is 1.66. The normalized spacial score (nSPS) is 10.8. The van der Waals surface area contributed by atoms with Crippen molar-refractivity contribution in [3.8, 4) is 5.75 Å². The highest BCUT2D eigenvalue weighted by Gasteiger charge is 2.05. The highest BCUT2D eigenvalue weighted by Crippen LogP contribution is 2.21. The van der Waals surface area contributed by atoms with Crippen molar-refractivity contribution in [2.45, 2.75) is 13.3 Å². The maximum atomic E-state index is 5.19. The molecule has 2 aromatic carbocycles. The van der Waals surface area contributed by atoms with E-state index in [9.17, 15) is 0 Å². The number of H-pyrrole nitrogens is 1. The fraction of sp³-hybridized carbons (Fsp3) is 0.182. The number of aromatic amines is 1. The number of nitrogens with one attached hydrogen (secondary N) is 3. The third-order valence-electron chi connectivity index (χ3n) is 4.58. The second kappa shape index (κ2) is 8.00. The standard InChI is InChI=1S/C22H23N5O/c1-15-25-21(13-22(26-15)27-17-7-9-18(28-2)10-8-17)23-12-11-16-14-24-20-6-4-3-5-19(16)20/h3-10,13-14,24H,11-12H2,1-2H3,(H2,23,25,26,27). The third kappa shape index (κ3) is 4.06. The second-order valence-electron chi connectivity index (χ2n) is 6.58. The minimum atomic E-state index is 0.716. The van der Waals surface area contributed by atoms with Crippen LogP contribution >= 0.6 is 0 Å². The lowest BCUT2D eigenvalue weighted by molar-refractivity contribution is 0.415. The molecule has 4 aromatic rings.